The molecule has 2 aliphatic rings. The Morgan fingerprint density at radius 3 is 2.44 bits per heavy atom. The van der Waals surface area contributed by atoms with E-state index in [0.717, 1.165) is 29.2 Å². The van der Waals surface area contributed by atoms with Gasteiger partial charge in [0.05, 0.1) is 0 Å². The molecule has 0 saturated carbocycles. The van der Waals surface area contributed by atoms with E-state index in [-0.39, 0.29) is 24.1 Å². The lowest BCUT2D eigenvalue weighted by Gasteiger charge is -2.29. The third kappa shape index (κ3) is 6.85. The Hall–Kier alpha value is -1.86. The molecule has 34 heavy (non-hydrogen) atoms. The fraction of sp³-hybridized carbons (Fsp3) is 0.667. The van der Waals surface area contributed by atoms with Crippen LogP contribution in [0, 0.1) is 11.8 Å². The molecule has 1 saturated heterocycles. The summed E-state index contributed by atoms with van der Waals surface area (Å²) in [5.74, 6) is 1.66. The third-order valence-corrected chi connectivity index (χ3v) is 8.12. The van der Waals surface area contributed by atoms with E-state index in [1.165, 1.54) is 25.7 Å². The Labute approximate surface area is 209 Å². The number of unbranched alkanes of at least 4 members (excludes halogenated alkanes) is 4. The van der Waals surface area contributed by atoms with Gasteiger partial charge in [-0.15, -0.1) is 11.8 Å². The van der Waals surface area contributed by atoms with Crippen LogP contribution in [0.15, 0.2) is 23.1 Å². The maximum Gasteiger partial charge on any atom is 0.255 e. The molecule has 188 valence electrons. The number of fused-ring (bicyclic) bond motifs is 1. The summed E-state index contributed by atoms with van der Waals surface area (Å²) in [6, 6.07) is 5.91. The molecule has 0 aromatic heterocycles. The molecule has 1 fully saturated rings. The van der Waals surface area contributed by atoms with Crippen molar-refractivity contribution in [2.75, 3.05) is 12.3 Å². The van der Waals surface area contributed by atoms with E-state index in [1.54, 1.807) is 4.90 Å². The minimum Gasteiger partial charge on any atom is -0.322 e. The number of nitrogens with zero attached hydrogens (tertiary/aromatic N) is 1. The highest BCUT2D eigenvalue weighted by atomic mass is 32.2. The van der Waals surface area contributed by atoms with Gasteiger partial charge in [-0.3, -0.25) is 19.7 Å². The largest absolute Gasteiger partial charge is 0.322 e. The second-order valence-corrected chi connectivity index (χ2v) is 11.4. The average molecular weight is 488 g/mol. The molecule has 6 nitrogen and oxygen atoms in total. The van der Waals surface area contributed by atoms with Crippen LogP contribution in [-0.4, -0.2) is 47.0 Å². The fourth-order valence-electron chi connectivity index (χ4n) is 5.14. The molecule has 2 aliphatic heterocycles. The van der Waals surface area contributed by atoms with E-state index in [0.29, 0.717) is 36.4 Å². The van der Waals surface area contributed by atoms with Crippen molar-refractivity contribution >= 4 is 29.5 Å². The number of hydrogen-bond acceptors (Lipinski definition) is 5. The number of amides is 3. The lowest BCUT2D eigenvalue weighted by Crippen LogP contribution is -2.52. The van der Waals surface area contributed by atoms with Crippen LogP contribution >= 0.6 is 11.8 Å². The molecule has 2 N–H and O–H groups in total. The van der Waals surface area contributed by atoms with Gasteiger partial charge in [0.1, 0.15) is 6.04 Å². The number of hydrogen-bond donors (Lipinski definition) is 2. The molecular formula is C27H41N3O3S. The molecule has 1 aromatic rings. The van der Waals surface area contributed by atoms with Crippen molar-refractivity contribution in [2.45, 2.75) is 96.2 Å². The second-order valence-electron chi connectivity index (χ2n) is 10.3. The summed E-state index contributed by atoms with van der Waals surface area (Å²) in [5.41, 5.74) is 1.72. The van der Waals surface area contributed by atoms with Crippen LogP contribution in [-0.2, 0) is 16.1 Å². The summed E-state index contributed by atoms with van der Waals surface area (Å²) in [6.45, 7) is 10.7. The maximum atomic E-state index is 12.9. The lowest BCUT2D eigenvalue weighted by atomic mass is 9.93. The molecule has 0 spiro atoms. The molecule has 1 atom stereocenters. The standard InChI is InChI=1S/C27H41N3O3S/c1-18(2)25(19(3)4)28-15-8-6-5-7-9-16-34-23-12-10-11-20-21(23)17-30(27(20)33)22-13-14-24(31)29-26(22)32/h10-12,18-19,22,25,28H,5-9,13-17H2,1-4H3,(H,29,31,32). The first-order valence-electron chi connectivity index (χ1n) is 12.9. The van der Waals surface area contributed by atoms with Crippen LogP contribution in [0.4, 0.5) is 0 Å². The normalized spacial score (nSPS) is 18.4. The Balaban J connectivity index is 1.38. The van der Waals surface area contributed by atoms with Crippen molar-refractivity contribution in [2.24, 2.45) is 11.8 Å². The predicted molar refractivity (Wildman–Crippen MR) is 138 cm³/mol. The van der Waals surface area contributed by atoms with Gasteiger partial charge in [0.25, 0.3) is 5.91 Å². The maximum absolute atomic E-state index is 12.9. The van der Waals surface area contributed by atoms with Gasteiger partial charge in [0.15, 0.2) is 0 Å². The molecule has 0 radical (unpaired) electrons. The zero-order chi connectivity index (χ0) is 24.7. The quantitative estimate of drug-likeness (QED) is 0.238. The summed E-state index contributed by atoms with van der Waals surface area (Å²) in [4.78, 5) is 39.4. The number of nitrogens with one attached hydrogen (secondary N) is 2. The highest BCUT2D eigenvalue weighted by molar-refractivity contribution is 7.99. The van der Waals surface area contributed by atoms with Crippen molar-refractivity contribution in [3.8, 4) is 0 Å². The van der Waals surface area contributed by atoms with Crippen LogP contribution in [0.5, 0.6) is 0 Å². The number of piperidine rings is 1. The van der Waals surface area contributed by atoms with Crippen molar-refractivity contribution < 1.29 is 14.4 Å². The van der Waals surface area contributed by atoms with Crippen LogP contribution in [0.25, 0.3) is 0 Å². The highest BCUT2D eigenvalue weighted by Gasteiger charge is 2.39. The molecule has 7 heteroatoms. The molecule has 0 aliphatic carbocycles. The monoisotopic (exact) mass is 487 g/mol. The number of rotatable bonds is 13. The van der Waals surface area contributed by atoms with Crippen LogP contribution in [0.3, 0.4) is 0 Å². The van der Waals surface area contributed by atoms with E-state index < -0.39 is 6.04 Å². The van der Waals surface area contributed by atoms with E-state index in [2.05, 4.69) is 44.4 Å². The molecule has 3 rings (SSSR count). The Morgan fingerprint density at radius 2 is 1.74 bits per heavy atom. The lowest BCUT2D eigenvalue weighted by molar-refractivity contribution is -0.136. The van der Waals surface area contributed by atoms with Gasteiger partial charge in [0, 0.05) is 29.5 Å². The van der Waals surface area contributed by atoms with E-state index in [9.17, 15) is 14.4 Å². The zero-order valence-electron chi connectivity index (χ0n) is 21.2. The predicted octanol–water partition coefficient (Wildman–Crippen LogP) is 4.76. The molecular weight excluding hydrogens is 446 g/mol. The highest BCUT2D eigenvalue weighted by Crippen LogP contribution is 2.34. The zero-order valence-corrected chi connectivity index (χ0v) is 22.0. The molecule has 1 unspecified atom stereocenters. The van der Waals surface area contributed by atoms with Gasteiger partial charge in [0.2, 0.25) is 11.8 Å². The number of benzene rings is 1. The van der Waals surface area contributed by atoms with Crippen LogP contribution in [0.2, 0.25) is 0 Å². The SMILES string of the molecule is CC(C)C(NCCCCCCCSc1cccc2c1CN(C1CCC(=O)NC1=O)C2=O)C(C)C. The summed E-state index contributed by atoms with van der Waals surface area (Å²) < 4.78 is 0. The van der Waals surface area contributed by atoms with Gasteiger partial charge in [-0.05, 0) is 61.1 Å². The van der Waals surface area contributed by atoms with Gasteiger partial charge in [-0.2, -0.15) is 0 Å². The molecule has 1 aromatic carbocycles. The minimum atomic E-state index is -0.554. The first kappa shape index (κ1) is 26.7. The molecule has 3 amide bonds. The number of carbonyl (C=O) groups excluding carboxylic acids is 3. The minimum absolute atomic E-state index is 0.0993. The summed E-state index contributed by atoms with van der Waals surface area (Å²) >= 11 is 1.81. The average Bonchev–Trinajstić information content (AvgIpc) is 3.11. The van der Waals surface area contributed by atoms with Crippen molar-refractivity contribution in [1.82, 2.24) is 15.5 Å². The van der Waals surface area contributed by atoms with Gasteiger partial charge in [-0.25, -0.2) is 0 Å². The summed E-state index contributed by atoms with van der Waals surface area (Å²) in [6.07, 6.45) is 6.81. The van der Waals surface area contributed by atoms with E-state index in [1.807, 2.05) is 23.9 Å². The Morgan fingerprint density at radius 1 is 1.03 bits per heavy atom. The van der Waals surface area contributed by atoms with Crippen LogP contribution < -0.4 is 10.6 Å². The fourth-order valence-corrected chi connectivity index (χ4v) is 6.23. The number of thioether (sulfide) groups is 1. The first-order valence-corrected chi connectivity index (χ1v) is 13.9. The topological polar surface area (TPSA) is 78.5 Å². The van der Waals surface area contributed by atoms with Gasteiger partial charge >= 0.3 is 0 Å². The van der Waals surface area contributed by atoms with Crippen molar-refractivity contribution in [1.29, 1.82) is 0 Å². The Kier molecular flexibility index (Phi) is 10.0. The smallest absolute Gasteiger partial charge is 0.255 e. The van der Waals surface area contributed by atoms with E-state index >= 15 is 0 Å². The molecule has 2 heterocycles. The van der Waals surface area contributed by atoms with Gasteiger partial charge < -0.3 is 10.2 Å². The third-order valence-electron chi connectivity index (χ3n) is 6.93. The Bertz CT molecular complexity index is 863. The summed E-state index contributed by atoms with van der Waals surface area (Å²) in [5, 5.41) is 6.09. The van der Waals surface area contributed by atoms with Crippen molar-refractivity contribution in [3.05, 3.63) is 29.3 Å². The van der Waals surface area contributed by atoms with Crippen molar-refractivity contribution in [3.63, 3.8) is 0 Å². The van der Waals surface area contributed by atoms with E-state index in [4.69, 9.17) is 0 Å². The number of carbonyl (C=O) groups is 3. The summed E-state index contributed by atoms with van der Waals surface area (Å²) in [7, 11) is 0. The second kappa shape index (κ2) is 12.7. The van der Waals surface area contributed by atoms with Crippen LogP contribution in [0.1, 0.15) is 88.6 Å². The van der Waals surface area contributed by atoms with Gasteiger partial charge in [-0.1, -0.05) is 53.0 Å². The number of imide groups is 1. The first-order chi connectivity index (χ1) is 16.3. The molecule has 0 bridgehead atoms.